The van der Waals surface area contributed by atoms with Gasteiger partial charge in [-0.15, -0.1) is 10.2 Å². The highest BCUT2D eigenvalue weighted by Crippen LogP contribution is 2.14. The number of pyridine rings is 1. The number of imidazole rings is 1. The molecule has 0 bridgehead atoms. The maximum absolute atomic E-state index is 11.8. The summed E-state index contributed by atoms with van der Waals surface area (Å²) in [4.78, 5) is 16.2. The van der Waals surface area contributed by atoms with E-state index in [0.717, 1.165) is 16.3 Å². The minimum Gasteiger partial charge on any atom is -0.307 e. The average Bonchev–Trinajstić information content (AvgIpc) is 2.94. The summed E-state index contributed by atoms with van der Waals surface area (Å²) in [5, 5.41) is 11.8. The third-order valence-electron chi connectivity index (χ3n) is 2.53. The largest absolute Gasteiger partial charge is 0.307 e. The maximum atomic E-state index is 11.8. The van der Waals surface area contributed by atoms with Gasteiger partial charge < -0.3 is 9.72 Å². The molecule has 0 saturated heterocycles. The number of fused-ring (bicyclic) bond motifs is 1. The number of carbonyl (C=O) groups is 1. The lowest BCUT2D eigenvalue weighted by molar-refractivity contribution is -0.115. The molecule has 0 aliphatic carbocycles. The Morgan fingerprint density at radius 3 is 3.05 bits per heavy atom. The molecule has 19 heavy (non-hydrogen) atoms. The van der Waals surface area contributed by atoms with Crippen molar-refractivity contribution in [3.8, 4) is 0 Å². The van der Waals surface area contributed by atoms with Crippen LogP contribution in [0.4, 0.5) is 5.13 Å². The monoisotopic (exact) mass is 273 g/mol. The van der Waals surface area contributed by atoms with Gasteiger partial charge in [0.05, 0.1) is 12.1 Å². The van der Waals surface area contributed by atoms with E-state index in [1.165, 1.54) is 11.3 Å². The third-order valence-corrected chi connectivity index (χ3v) is 3.28. The van der Waals surface area contributed by atoms with E-state index in [2.05, 4.69) is 20.5 Å². The number of aryl methyl sites for hydroxylation is 1. The first-order valence-corrected chi connectivity index (χ1v) is 6.55. The van der Waals surface area contributed by atoms with Crippen molar-refractivity contribution in [2.45, 2.75) is 13.3 Å². The predicted octanol–water partition coefficient (Wildman–Crippen LogP) is 1.68. The molecule has 3 heterocycles. The van der Waals surface area contributed by atoms with Crippen LogP contribution in [0, 0.1) is 6.92 Å². The van der Waals surface area contributed by atoms with E-state index in [1.807, 2.05) is 41.9 Å². The third kappa shape index (κ3) is 2.60. The van der Waals surface area contributed by atoms with Crippen LogP contribution in [0.1, 0.15) is 10.7 Å². The van der Waals surface area contributed by atoms with Crippen molar-refractivity contribution in [3.63, 3.8) is 0 Å². The van der Waals surface area contributed by atoms with Crippen LogP contribution in [0.3, 0.4) is 0 Å². The topological polar surface area (TPSA) is 72.2 Å². The molecular weight excluding hydrogens is 262 g/mol. The van der Waals surface area contributed by atoms with Crippen molar-refractivity contribution < 1.29 is 4.79 Å². The van der Waals surface area contributed by atoms with E-state index in [0.29, 0.717) is 5.13 Å². The highest BCUT2D eigenvalue weighted by atomic mass is 32.1. The van der Waals surface area contributed by atoms with Crippen LogP contribution in [-0.2, 0) is 11.2 Å². The van der Waals surface area contributed by atoms with Crippen molar-refractivity contribution >= 4 is 28.0 Å². The van der Waals surface area contributed by atoms with Crippen LogP contribution in [0.15, 0.2) is 30.6 Å². The second-order valence-electron chi connectivity index (χ2n) is 4.05. The lowest BCUT2D eigenvalue weighted by atomic mass is 10.3. The summed E-state index contributed by atoms with van der Waals surface area (Å²) in [6.45, 7) is 1.84. The van der Waals surface area contributed by atoms with Gasteiger partial charge in [0.1, 0.15) is 10.7 Å². The number of hydrogen-bond acceptors (Lipinski definition) is 5. The zero-order valence-corrected chi connectivity index (χ0v) is 11.0. The second-order valence-corrected chi connectivity index (χ2v) is 5.23. The average molecular weight is 273 g/mol. The SMILES string of the molecule is Cc1nnc(NC(=O)Cc2cn3ccccc3n2)s1. The fourth-order valence-corrected chi connectivity index (χ4v) is 2.36. The number of nitrogens with zero attached hydrogens (tertiary/aromatic N) is 4. The van der Waals surface area contributed by atoms with Crippen LogP contribution in [0.2, 0.25) is 0 Å². The Labute approximate surface area is 113 Å². The Morgan fingerprint density at radius 2 is 2.32 bits per heavy atom. The summed E-state index contributed by atoms with van der Waals surface area (Å²) in [6.07, 6.45) is 3.97. The molecule has 0 radical (unpaired) electrons. The predicted molar refractivity (Wildman–Crippen MR) is 72.2 cm³/mol. The first-order chi connectivity index (χ1) is 9.20. The van der Waals surface area contributed by atoms with Gasteiger partial charge in [-0.25, -0.2) is 4.98 Å². The van der Waals surface area contributed by atoms with Crippen molar-refractivity contribution in [2.24, 2.45) is 0 Å². The Kier molecular flexibility index (Phi) is 2.96. The van der Waals surface area contributed by atoms with Crippen molar-refractivity contribution in [3.05, 3.63) is 41.3 Å². The molecule has 3 rings (SSSR count). The van der Waals surface area contributed by atoms with Gasteiger partial charge in [0, 0.05) is 12.4 Å². The Bertz CT molecular complexity index is 699. The fourth-order valence-electron chi connectivity index (χ4n) is 1.75. The standard InChI is InChI=1S/C12H11N5OS/c1-8-15-16-12(19-8)14-11(18)6-9-7-17-5-3-2-4-10(17)13-9/h2-5,7H,6H2,1H3,(H,14,16,18). The minimum atomic E-state index is -0.139. The number of anilines is 1. The molecule has 0 atom stereocenters. The molecule has 7 heteroatoms. The van der Waals surface area contributed by atoms with Gasteiger partial charge in [0.2, 0.25) is 11.0 Å². The molecule has 96 valence electrons. The first kappa shape index (κ1) is 11.8. The van der Waals surface area contributed by atoms with Crippen molar-refractivity contribution in [1.82, 2.24) is 19.6 Å². The van der Waals surface area contributed by atoms with E-state index in [-0.39, 0.29) is 12.3 Å². The summed E-state index contributed by atoms with van der Waals surface area (Å²) >= 11 is 1.35. The lowest BCUT2D eigenvalue weighted by Crippen LogP contribution is -2.14. The molecule has 3 aromatic heterocycles. The number of hydrogen-bond donors (Lipinski definition) is 1. The van der Waals surface area contributed by atoms with Crippen LogP contribution in [0.5, 0.6) is 0 Å². The van der Waals surface area contributed by atoms with E-state index >= 15 is 0 Å². The van der Waals surface area contributed by atoms with Crippen LogP contribution < -0.4 is 5.32 Å². The lowest BCUT2D eigenvalue weighted by Gasteiger charge is -1.97. The molecule has 0 aliphatic rings. The van der Waals surface area contributed by atoms with Gasteiger partial charge in [-0.3, -0.25) is 4.79 Å². The second kappa shape index (κ2) is 4.77. The summed E-state index contributed by atoms with van der Waals surface area (Å²) in [5.74, 6) is -0.139. The first-order valence-electron chi connectivity index (χ1n) is 5.73. The summed E-state index contributed by atoms with van der Waals surface area (Å²) in [7, 11) is 0. The Morgan fingerprint density at radius 1 is 1.42 bits per heavy atom. The zero-order chi connectivity index (χ0) is 13.2. The van der Waals surface area contributed by atoms with Crippen LogP contribution in [-0.4, -0.2) is 25.5 Å². The molecule has 0 aromatic carbocycles. The quantitative estimate of drug-likeness (QED) is 0.788. The normalized spacial score (nSPS) is 10.8. The smallest absolute Gasteiger partial charge is 0.232 e. The van der Waals surface area contributed by atoms with E-state index < -0.39 is 0 Å². The van der Waals surface area contributed by atoms with Crippen LogP contribution >= 0.6 is 11.3 Å². The maximum Gasteiger partial charge on any atom is 0.232 e. The molecule has 0 aliphatic heterocycles. The number of carbonyl (C=O) groups excluding carboxylic acids is 1. The number of rotatable bonds is 3. The zero-order valence-electron chi connectivity index (χ0n) is 10.2. The molecule has 0 unspecified atom stereocenters. The number of amides is 1. The molecule has 1 N–H and O–H groups in total. The Hall–Kier alpha value is -2.28. The molecule has 0 fully saturated rings. The molecule has 3 aromatic rings. The van der Waals surface area contributed by atoms with E-state index in [4.69, 9.17) is 0 Å². The molecule has 0 saturated carbocycles. The van der Waals surface area contributed by atoms with Crippen molar-refractivity contribution in [1.29, 1.82) is 0 Å². The highest BCUT2D eigenvalue weighted by Gasteiger charge is 2.09. The minimum absolute atomic E-state index is 0.139. The summed E-state index contributed by atoms with van der Waals surface area (Å²) in [6, 6.07) is 5.73. The molecule has 6 nitrogen and oxygen atoms in total. The van der Waals surface area contributed by atoms with Gasteiger partial charge in [-0.1, -0.05) is 17.4 Å². The van der Waals surface area contributed by atoms with Crippen molar-refractivity contribution in [2.75, 3.05) is 5.32 Å². The highest BCUT2D eigenvalue weighted by molar-refractivity contribution is 7.15. The van der Waals surface area contributed by atoms with E-state index in [1.54, 1.807) is 0 Å². The number of nitrogens with one attached hydrogen (secondary N) is 1. The van der Waals surface area contributed by atoms with Gasteiger partial charge in [-0.05, 0) is 19.1 Å². The van der Waals surface area contributed by atoms with Gasteiger partial charge in [0.15, 0.2) is 0 Å². The van der Waals surface area contributed by atoms with Crippen LogP contribution in [0.25, 0.3) is 5.65 Å². The van der Waals surface area contributed by atoms with Gasteiger partial charge in [-0.2, -0.15) is 0 Å². The molecule has 1 amide bonds. The molecule has 0 spiro atoms. The van der Waals surface area contributed by atoms with Gasteiger partial charge >= 0.3 is 0 Å². The summed E-state index contributed by atoms with van der Waals surface area (Å²) < 4.78 is 1.89. The number of aromatic nitrogens is 4. The summed E-state index contributed by atoms with van der Waals surface area (Å²) in [5.41, 5.74) is 1.56. The Balaban J connectivity index is 1.72. The molecular formula is C12H11N5OS. The fraction of sp³-hybridized carbons (Fsp3) is 0.167. The van der Waals surface area contributed by atoms with E-state index in [9.17, 15) is 4.79 Å². The van der Waals surface area contributed by atoms with Gasteiger partial charge in [0.25, 0.3) is 0 Å².